The van der Waals surface area contributed by atoms with Crippen molar-refractivity contribution in [1.29, 1.82) is 0 Å². The zero-order valence-electron chi connectivity index (χ0n) is 15.3. The van der Waals surface area contributed by atoms with Gasteiger partial charge in [0, 0.05) is 24.0 Å². The molecular weight excluding hydrogens is 344 g/mol. The Bertz CT molecular complexity index is 991. The van der Waals surface area contributed by atoms with Crippen molar-refractivity contribution in [2.24, 2.45) is 0 Å². The molecule has 0 radical (unpaired) electrons. The highest BCUT2D eigenvalue weighted by molar-refractivity contribution is 5.96. The van der Waals surface area contributed by atoms with Gasteiger partial charge in [0.25, 0.3) is 5.91 Å². The molecule has 0 unspecified atom stereocenters. The number of aromatic hydroxyl groups is 1. The summed E-state index contributed by atoms with van der Waals surface area (Å²) in [5, 5.41) is 16.0. The number of nitrogens with one attached hydrogen (secondary N) is 2. The predicted molar refractivity (Wildman–Crippen MR) is 103 cm³/mol. The maximum absolute atomic E-state index is 12.2. The number of hydrogen-bond acceptors (Lipinski definition) is 4. The number of amides is 2. The van der Waals surface area contributed by atoms with Gasteiger partial charge in [-0.15, -0.1) is 0 Å². The van der Waals surface area contributed by atoms with Crippen LogP contribution in [0.4, 0.5) is 0 Å². The molecule has 0 atom stereocenters. The van der Waals surface area contributed by atoms with E-state index in [4.69, 9.17) is 4.42 Å². The number of phenols is 1. The van der Waals surface area contributed by atoms with Crippen LogP contribution in [0.25, 0.3) is 11.0 Å². The lowest BCUT2D eigenvalue weighted by Crippen LogP contribution is -2.35. The molecule has 6 nitrogen and oxygen atoms in total. The van der Waals surface area contributed by atoms with Gasteiger partial charge in [-0.1, -0.05) is 24.3 Å². The predicted octanol–water partition coefficient (Wildman–Crippen LogP) is 2.84. The molecule has 0 spiro atoms. The van der Waals surface area contributed by atoms with E-state index in [0.717, 1.165) is 27.7 Å². The molecule has 6 heteroatoms. The van der Waals surface area contributed by atoms with Crippen LogP contribution in [0.15, 0.2) is 47.1 Å². The average Bonchev–Trinajstić information content (AvgIpc) is 3.05. The standard InChI is InChI=1S/C21H22N2O4/c1-13-7-8-16-15(12-27-20(16)14(13)2)11-19(25)22-9-10-23-21(26)17-5-3-4-6-18(17)24/h3-8,12,24H,9-11H2,1-2H3,(H,22,25)(H,23,26). The highest BCUT2D eigenvalue weighted by Crippen LogP contribution is 2.26. The summed E-state index contributed by atoms with van der Waals surface area (Å²) in [4.78, 5) is 24.1. The summed E-state index contributed by atoms with van der Waals surface area (Å²) in [6.45, 7) is 4.58. The molecule has 27 heavy (non-hydrogen) atoms. The summed E-state index contributed by atoms with van der Waals surface area (Å²) in [5.74, 6) is -0.599. The maximum atomic E-state index is 12.2. The van der Waals surface area contributed by atoms with E-state index in [0.29, 0.717) is 6.54 Å². The summed E-state index contributed by atoms with van der Waals surface area (Å²) in [6, 6.07) is 10.3. The van der Waals surface area contributed by atoms with E-state index in [1.807, 2.05) is 26.0 Å². The number of aryl methyl sites for hydroxylation is 2. The molecule has 0 aliphatic rings. The van der Waals surface area contributed by atoms with Crippen molar-refractivity contribution in [2.75, 3.05) is 13.1 Å². The third-order valence-corrected chi connectivity index (χ3v) is 4.57. The lowest BCUT2D eigenvalue weighted by atomic mass is 10.0. The highest BCUT2D eigenvalue weighted by atomic mass is 16.3. The Morgan fingerprint density at radius 1 is 1.04 bits per heavy atom. The lowest BCUT2D eigenvalue weighted by Gasteiger charge is -2.08. The number of rotatable bonds is 6. The Balaban J connectivity index is 1.50. The van der Waals surface area contributed by atoms with Gasteiger partial charge in [0.15, 0.2) is 0 Å². The van der Waals surface area contributed by atoms with Gasteiger partial charge in [-0.2, -0.15) is 0 Å². The molecule has 140 valence electrons. The molecule has 0 saturated heterocycles. The van der Waals surface area contributed by atoms with Gasteiger partial charge in [-0.3, -0.25) is 9.59 Å². The van der Waals surface area contributed by atoms with Crippen molar-refractivity contribution in [3.8, 4) is 5.75 Å². The topological polar surface area (TPSA) is 91.6 Å². The zero-order valence-corrected chi connectivity index (χ0v) is 15.3. The van der Waals surface area contributed by atoms with E-state index in [2.05, 4.69) is 10.6 Å². The zero-order chi connectivity index (χ0) is 19.4. The number of hydrogen-bond donors (Lipinski definition) is 3. The van der Waals surface area contributed by atoms with E-state index in [1.54, 1.807) is 18.4 Å². The van der Waals surface area contributed by atoms with Crippen molar-refractivity contribution < 1.29 is 19.1 Å². The van der Waals surface area contributed by atoms with E-state index in [9.17, 15) is 14.7 Å². The van der Waals surface area contributed by atoms with Crippen LogP contribution >= 0.6 is 0 Å². The van der Waals surface area contributed by atoms with E-state index in [-0.39, 0.29) is 36.1 Å². The van der Waals surface area contributed by atoms with Gasteiger partial charge in [-0.25, -0.2) is 0 Å². The number of para-hydroxylation sites is 1. The van der Waals surface area contributed by atoms with Crippen LogP contribution in [0.3, 0.4) is 0 Å². The second-order valence-electron chi connectivity index (χ2n) is 6.44. The third-order valence-electron chi connectivity index (χ3n) is 4.57. The molecule has 2 amide bonds. The number of benzene rings is 2. The number of fused-ring (bicyclic) bond motifs is 1. The number of carbonyl (C=O) groups is 2. The van der Waals surface area contributed by atoms with Crippen LogP contribution in [0, 0.1) is 13.8 Å². The van der Waals surface area contributed by atoms with E-state index < -0.39 is 0 Å². The van der Waals surface area contributed by atoms with Gasteiger partial charge in [0.05, 0.1) is 18.2 Å². The van der Waals surface area contributed by atoms with Gasteiger partial charge in [0.1, 0.15) is 11.3 Å². The van der Waals surface area contributed by atoms with Crippen molar-refractivity contribution in [1.82, 2.24) is 10.6 Å². The Kier molecular flexibility index (Phi) is 5.45. The molecule has 0 aliphatic carbocycles. The Labute approximate surface area is 157 Å². The molecule has 0 aliphatic heterocycles. The fraction of sp³-hybridized carbons (Fsp3) is 0.238. The van der Waals surface area contributed by atoms with Crippen molar-refractivity contribution >= 4 is 22.8 Å². The summed E-state index contributed by atoms with van der Waals surface area (Å²) >= 11 is 0. The Hall–Kier alpha value is -3.28. The largest absolute Gasteiger partial charge is 0.507 e. The summed E-state index contributed by atoms with van der Waals surface area (Å²) in [7, 11) is 0. The van der Waals surface area contributed by atoms with Crippen LogP contribution in [-0.4, -0.2) is 30.0 Å². The molecule has 2 aromatic carbocycles. The van der Waals surface area contributed by atoms with Crippen LogP contribution < -0.4 is 10.6 Å². The lowest BCUT2D eigenvalue weighted by molar-refractivity contribution is -0.120. The molecule has 0 bridgehead atoms. The minimum absolute atomic E-state index is 0.0728. The fourth-order valence-electron chi connectivity index (χ4n) is 2.90. The van der Waals surface area contributed by atoms with Crippen LogP contribution in [0.1, 0.15) is 27.0 Å². The number of furan rings is 1. The first-order chi connectivity index (χ1) is 13.0. The molecule has 1 aromatic heterocycles. The van der Waals surface area contributed by atoms with E-state index in [1.165, 1.54) is 12.1 Å². The van der Waals surface area contributed by atoms with Gasteiger partial charge >= 0.3 is 0 Å². The smallest absolute Gasteiger partial charge is 0.255 e. The maximum Gasteiger partial charge on any atom is 0.255 e. The molecule has 3 N–H and O–H groups in total. The highest BCUT2D eigenvalue weighted by Gasteiger charge is 2.13. The van der Waals surface area contributed by atoms with Gasteiger partial charge in [0.2, 0.25) is 5.91 Å². The van der Waals surface area contributed by atoms with Gasteiger partial charge < -0.3 is 20.2 Å². The second-order valence-corrected chi connectivity index (χ2v) is 6.44. The summed E-state index contributed by atoms with van der Waals surface area (Å²) in [5.41, 5.74) is 4.08. The summed E-state index contributed by atoms with van der Waals surface area (Å²) in [6.07, 6.45) is 1.83. The van der Waals surface area contributed by atoms with Crippen LogP contribution in [-0.2, 0) is 11.2 Å². The Morgan fingerprint density at radius 2 is 1.78 bits per heavy atom. The van der Waals surface area contributed by atoms with Gasteiger partial charge in [-0.05, 0) is 37.1 Å². The van der Waals surface area contributed by atoms with Crippen molar-refractivity contribution in [3.05, 3.63) is 64.9 Å². The first kappa shape index (κ1) is 18.5. The normalized spacial score (nSPS) is 10.7. The summed E-state index contributed by atoms with van der Waals surface area (Å²) < 4.78 is 5.62. The first-order valence-electron chi connectivity index (χ1n) is 8.76. The number of carbonyl (C=O) groups excluding carboxylic acids is 2. The Morgan fingerprint density at radius 3 is 2.56 bits per heavy atom. The van der Waals surface area contributed by atoms with Crippen molar-refractivity contribution in [3.63, 3.8) is 0 Å². The molecule has 1 heterocycles. The third kappa shape index (κ3) is 4.11. The average molecular weight is 366 g/mol. The quantitative estimate of drug-likeness (QED) is 0.585. The monoisotopic (exact) mass is 366 g/mol. The SMILES string of the molecule is Cc1ccc2c(CC(=O)NCCNC(=O)c3ccccc3O)coc2c1C. The molecule has 0 fully saturated rings. The molecular formula is C21H22N2O4. The molecule has 3 aromatic rings. The first-order valence-corrected chi connectivity index (χ1v) is 8.76. The molecule has 0 saturated carbocycles. The van der Waals surface area contributed by atoms with E-state index >= 15 is 0 Å². The second kappa shape index (κ2) is 7.95. The minimum Gasteiger partial charge on any atom is -0.507 e. The van der Waals surface area contributed by atoms with Crippen LogP contribution in [0.2, 0.25) is 0 Å². The van der Waals surface area contributed by atoms with Crippen LogP contribution in [0.5, 0.6) is 5.75 Å². The fourth-order valence-corrected chi connectivity index (χ4v) is 2.90. The number of phenolic OH excluding ortho intramolecular Hbond substituents is 1. The molecule has 3 rings (SSSR count). The van der Waals surface area contributed by atoms with Crippen molar-refractivity contribution in [2.45, 2.75) is 20.3 Å². The minimum atomic E-state index is -0.381.